The van der Waals surface area contributed by atoms with E-state index in [0.717, 1.165) is 15.6 Å². The summed E-state index contributed by atoms with van der Waals surface area (Å²) in [6, 6.07) is 2.84. The Morgan fingerprint density at radius 3 is 2.23 bits per heavy atom. The zero-order valence-corrected chi connectivity index (χ0v) is 20.6. The Balaban J connectivity index is 2.10. The predicted molar refractivity (Wildman–Crippen MR) is 129 cm³/mol. The molecule has 3 heterocycles. The van der Waals surface area contributed by atoms with Gasteiger partial charge in [-0.2, -0.15) is 0 Å². The highest BCUT2D eigenvalue weighted by molar-refractivity contribution is 6.35. The second kappa shape index (κ2) is 9.79. The molecule has 0 amide bonds. The van der Waals surface area contributed by atoms with Gasteiger partial charge in [0, 0.05) is 29.2 Å². The first-order valence-electron chi connectivity index (χ1n) is 11.3. The number of nitrogens with zero attached hydrogens (tertiary/aromatic N) is 2. The van der Waals surface area contributed by atoms with Gasteiger partial charge in [-0.25, -0.2) is 9.59 Å². The Kier molecular flexibility index (Phi) is 6.95. The summed E-state index contributed by atoms with van der Waals surface area (Å²) < 4.78 is 7.73. The molecule has 0 spiro atoms. The summed E-state index contributed by atoms with van der Waals surface area (Å²) in [5.74, 6) is -2.30. The number of benzene rings is 1. The number of H-pyrrole nitrogens is 2. The molecule has 3 aromatic rings. The number of rotatable bonds is 7. The number of nitrogens with one attached hydrogen (secondary N) is 2. The van der Waals surface area contributed by atoms with E-state index in [2.05, 4.69) is 9.97 Å². The number of hydrogen-bond donors (Lipinski definition) is 2. The van der Waals surface area contributed by atoms with Gasteiger partial charge >= 0.3 is 11.4 Å². The van der Waals surface area contributed by atoms with E-state index in [1.165, 1.54) is 12.1 Å². The third-order valence-electron chi connectivity index (χ3n) is 5.97. The van der Waals surface area contributed by atoms with E-state index in [9.17, 15) is 24.3 Å². The maximum atomic E-state index is 13.6. The molecule has 0 aliphatic carbocycles. The maximum absolute atomic E-state index is 13.6. The van der Waals surface area contributed by atoms with Crippen molar-refractivity contribution in [1.29, 1.82) is 0 Å². The van der Waals surface area contributed by atoms with Gasteiger partial charge in [-0.1, -0.05) is 49.9 Å². The number of hydrogen-bond acceptors (Lipinski definition) is 6. The summed E-state index contributed by atoms with van der Waals surface area (Å²) in [4.78, 5) is 56.4. The standard InChI is InChI=1S/C23H24Cl2N4O6/c1-3-5-7-28-20(31)15(18(30)26-22(28)33)14-12-9-11(24)10-13(25)17(12)35-19-16(14)21(32)29(8-6-4-2)23(34)27-19/h9-10,14,31H,3-8H2,1-2H3,(H,27,34)(H,26,30,33)/p-1. The van der Waals surface area contributed by atoms with Crippen LogP contribution in [0.5, 0.6) is 17.5 Å². The van der Waals surface area contributed by atoms with Crippen molar-refractivity contribution in [1.82, 2.24) is 19.1 Å². The number of aromatic nitrogens is 4. The highest BCUT2D eigenvalue weighted by Gasteiger charge is 2.37. The van der Waals surface area contributed by atoms with E-state index in [1.807, 2.05) is 13.8 Å². The largest absolute Gasteiger partial charge is 0.860 e. The van der Waals surface area contributed by atoms with Crippen molar-refractivity contribution >= 4 is 23.2 Å². The fraction of sp³-hybridized carbons (Fsp3) is 0.391. The highest BCUT2D eigenvalue weighted by Crippen LogP contribution is 2.49. The summed E-state index contributed by atoms with van der Waals surface area (Å²) in [5, 5.41) is 13.7. The van der Waals surface area contributed by atoms with Crippen LogP contribution in [0.2, 0.25) is 10.0 Å². The Morgan fingerprint density at radius 1 is 0.943 bits per heavy atom. The number of halogens is 2. The minimum Gasteiger partial charge on any atom is -0.860 e. The molecule has 35 heavy (non-hydrogen) atoms. The first kappa shape index (κ1) is 24.9. The molecule has 10 nitrogen and oxygen atoms in total. The molecular weight excluding hydrogens is 499 g/mol. The molecule has 1 unspecified atom stereocenters. The minimum atomic E-state index is -1.29. The third kappa shape index (κ3) is 4.32. The lowest BCUT2D eigenvalue weighted by Crippen LogP contribution is -2.42. The Bertz CT molecular complexity index is 1530. The van der Waals surface area contributed by atoms with Gasteiger partial charge in [0.05, 0.1) is 16.5 Å². The predicted octanol–water partition coefficient (Wildman–Crippen LogP) is 2.65. The van der Waals surface area contributed by atoms with Crippen molar-refractivity contribution in [2.45, 2.75) is 58.5 Å². The van der Waals surface area contributed by atoms with Gasteiger partial charge < -0.3 is 14.4 Å². The average Bonchev–Trinajstić information content (AvgIpc) is 2.78. The molecular formula is C23H23Cl2N4O6-. The van der Waals surface area contributed by atoms with Crippen molar-refractivity contribution in [3.8, 4) is 17.5 Å². The molecule has 186 valence electrons. The van der Waals surface area contributed by atoms with Gasteiger partial charge in [-0.3, -0.25) is 24.1 Å². The lowest BCUT2D eigenvalue weighted by atomic mass is 9.84. The molecule has 0 fully saturated rings. The van der Waals surface area contributed by atoms with E-state index in [4.69, 9.17) is 27.9 Å². The van der Waals surface area contributed by atoms with Crippen LogP contribution in [0.3, 0.4) is 0 Å². The average molecular weight is 522 g/mol. The van der Waals surface area contributed by atoms with Crippen LogP contribution in [-0.4, -0.2) is 19.1 Å². The number of ether oxygens (including phenoxy) is 1. The third-order valence-corrected chi connectivity index (χ3v) is 6.47. The highest BCUT2D eigenvalue weighted by atomic mass is 35.5. The maximum Gasteiger partial charge on any atom is 0.331 e. The fourth-order valence-corrected chi connectivity index (χ4v) is 4.77. The Labute approximate surface area is 208 Å². The van der Waals surface area contributed by atoms with Gasteiger partial charge in [0.15, 0.2) is 5.75 Å². The van der Waals surface area contributed by atoms with E-state index in [1.54, 1.807) is 0 Å². The SMILES string of the molecule is CCCCn1c([O-])c(C2c3cc(Cl)cc(Cl)c3Oc3[nH]c(=O)n(CCCC)c(=O)c32)c(=O)[nH]c1=O. The van der Waals surface area contributed by atoms with Gasteiger partial charge in [0.1, 0.15) is 0 Å². The zero-order valence-electron chi connectivity index (χ0n) is 19.1. The summed E-state index contributed by atoms with van der Waals surface area (Å²) in [5.41, 5.74) is -3.47. The Morgan fingerprint density at radius 2 is 1.57 bits per heavy atom. The molecule has 12 heteroatoms. The van der Waals surface area contributed by atoms with Crippen molar-refractivity contribution in [3.63, 3.8) is 0 Å². The topological polar surface area (TPSA) is 142 Å². The van der Waals surface area contributed by atoms with Crippen molar-refractivity contribution in [3.05, 3.63) is 80.5 Å². The van der Waals surface area contributed by atoms with Gasteiger partial charge in [-0.15, -0.1) is 0 Å². The van der Waals surface area contributed by atoms with Crippen LogP contribution in [0.15, 0.2) is 31.3 Å². The molecule has 2 N–H and O–H groups in total. The van der Waals surface area contributed by atoms with Gasteiger partial charge in [0.2, 0.25) is 5.88 Å². The second-order valence-corrected chi connectivity index (χ2v) is 9.15. The lowest BCUT2D eigenvalue weighted by Gasteiger charge is -2.31. The summed E-state index contributed by atoms with van der Waals surface area (Å²) in [6.07, 6.45) is 2.51. The molecule has 0 bridgehead atoms. The van der Waals surface area contributed by atoms with E-state index in [0.29, 0.717) is 19.3 Å². The van der Waals surface area contributed by atoms with Crippen LogP contribution < -0.4 is 32.3 Å². The monoisotopic (exact) mass is 521 g/mol. The van der Waals surface area contributed by atoms with Crippen LogP contribution in [0.4, 0.5) is 0 Å². The summed E-state index contributed by atoms with van der Waals surface area (Å²) >= 11 is 12.6. The van der Waals surface area contributed by atoms with Crippen LogP contribution in [0.1, 0.15) is 62.1 Å². The summed E-state index contributed by atoms with van der Waals surface area (Å²) in [6.45, 7) is 4.02. The van der Waals surface area contributed by atoms with Crippen molar-refractivity contribution in [2.75, 3.05) is 0 Å². The molecule has 1 aromatic carbocycles. The van der Waals surface area contributed by atoms with E-state index in [-0.39, 0.29) is 51.5 Å². The molecule has 1 aliphatic heterocycles. The first-order valence-corrected chi connectivity index (χ1v) is 12.0. The van der Waals surface area contributed by atoms with Crippen molar-refractivity contribution in [2.24, 2.45) is 0 Å². The molecule has 0 saturated carbocycles. The first-order chi connectivity index (χ1) is 16.7. The van der Waals surface area contributed by atoms with Gasteiger partial charge in [0.25, 0.3) is 11.1 Å². The zero-order chi connectivity index (χ0) is 25.4. The normalized spacial score (nSPS) is 14.3. The lowest BCUT2D eigenvalue weighted by molar-refractivity contribution is -0.281. The molecule has 1 atom stereocenters. The molecule has 2 aromatic heterocycles. The van der Waals surface area contributed by atoms with Crippen LogP contribution in [0, 0.1) is 0 Å². The smallest absolute Gasteiger partial charge is 0.331 e. The molecule has 0 saturated heterocycles. The quantitative estimate of drug-likeness (QED) is 0.382. The van der Waals surface area contributed by atoms with Crippen LogP contribution in [0.25, 0.3) is 0 Å². The van der Waals surface area contributed by atoms with E-state index >= 15 is 0 Å². The van der Waals surface area contributed by atoms with Crippen molar-refractivity contribution < 1.29 is 9.84 Å². The molecule has 4 rings (SSSR count). The number of aromatic amines is 2. The van der Waals surface area contributed by atoms with E-state index < -0.39 is 34.3 Å². The number of fused-ring (bicyclic) bond motifs is 2. The molecule has 0 radical (unpaired) electrons. The Hall–Kier alpha value is -3.24. The fourth-order valence-electron chi connectivity index (χ4n) is 4.22. The molecule has 1 aliphatic rings. The van der Waals surface area contributed by atoms with Gasteiger partial charge in [-0.05, 0) is 30.9 Å². The number of unbranched alkanes of at least 4 members (excludes halogenated alkanes) is 2. The minimum absolute atomic E-state index is 0.0417. The summed E-state index contributed by atoms with van der Waals surface area (Å²) in [7, 11) is 0. The van der Waals surface area contributed by atoms with Crippen LogP contribution >= 0.6 is 23.2 Å². The second-order valence-electron chi connectivity index (χ2n) is 8.31. The van der Waals surface area contributed by atoms with Crippen LogP contribution in [-0.2, 0) is 13.1 Å².